The van der Waals surface area contributed by atoms with Gasteiger partial charge in [0.25, 0.3) is 0 Å². The van der Waals surface area contributed by atoms with E-state index in [0.29, 0.717) is 0 Å². The fourth-order valence-electron chi connectivity index (χ4n) is 0.259. The molecule has 0 atom stereocenters. The van der Waals surface area contributed by atoms with E-state index >= 15 is 0 Å². The van der Waals surface area contributed by atoms with Crippen LogP contribution in [0.3, 0.4) is 0 Å². The van der Waals surface area contributed by atoms with Crippen molar-refractivity contribution in [2.45, 2.75) is 0 Å². The van der Waals surface area contributed by atoms with Crippen LogP contribution in [0.1, 0.15) is 0 Å². The number of rotatable bonds is 1. The first-order valence-electron chi connectivity index (χ1n) is 1.69. The molecule has 1 aromatic rings. The molecule has 0 saturated carbocycles. The molecule has 7 heavy (non-hydrogen) atoms. The Morgan fingerprint density at radius 1 is 1.86 bits per heavy atom. The molecule has 0 aliphatic heterocycles. The monoisotopic (exact) mass is 97.0 g/mol. The van der Waals surface area contributed by atoms with E-state index in [4.69, 9.17) is 5.53 Å². The Hall–Kier alpha value is -1.26. The van der Waals surface area contributed by atoms with Crippen LogP contribution in [0.25, 0.3) is 5.53 Å². The zero-order valence-corrected chi connectivity index (χ0v) is 3.42. The van der Waals surface area contributed by atoms with Crippen LogP contribution in [-0.2, 0) is 0 Å². The van der Waals surface area contributed by atoms with Crippen molar-refractivity contribution in [3.8, 4) is 0 Å². The number of nitrogens with zero attached hydrogens (tertiary/aromatic N) is 3. The van der Waals surface area contributed by atoms with Gasteiger partial charge >= 0.3 is 5.95 Å². The average molecular weight is 97.1 g/mol. The van der Waals surface area contributed by atoms with E-state index in [1.807, 2.05) is 0 Å². The number of hydrogen-bond acceptors (Lipinski definition) is 2. The minimum atomic E-state index is 0.250. The molecule has 1 heterocycles. The van der Waals surface area contributed by atoms with Gasteiger partial charge in [-0.3, -0.25) is 0 Å². The van der Waals surface area contributed by atoms with Gasteiger partial charge in [0, 0.05) is 0 Å². The molecule has 0 bridgehead atoms. The molecule has 1 aromatic heterocycles. The van der Waals surface area contributed by atoms with Gasteiger partial charge < -0.3 is 10.6 Å². The molecule has 0 unspecified atom stereocenters. The largest absolute Gasteiger partial charge is 0.650 e. The van der Waals surface area contributed by atoms with E-state index in [2.05, 4.69) is 15.2 Å². The third kappa shape index (κ3) is 0.594. The van der Waals surface area contributed by atoms with E-state index in [-0.39, 0.29) is 5.95 Å². The molecular formula is C2H3N5. The van der Waals surface area contributed by atoms with E-state index in [0.717, 1.165) is 0 Å². The molecule has 0 spiro atoms. The lowest BCUT2D eigenvalue weighted by molar-refractivity contribution is -0.389. The van der Waals surface area contributed by atoms with Gasteiger partial charge in [0.2, 0.25) is 6.33 Å². The Bertz CT molecular complexity index is 141. The Labute approximate surface area is 39.3 Å². The van der Waals surface area contributed by atoms with Crippen LogP contribution in [0.2, 0.25) is 0 Å². The van der Waals surface area contributed by atoms with Gasteiger partial charge in [0.15, 0.2) is 0 Å². The lowest BCUT2D eigenvalue weighted by Gasteiger charge is -1.71. The van der Waals surface area contributed by atoms with Gasteiger partial charge in [-0.1, -0.05) is 10.1 Å². The van der Waals surface area contributed by atoms with Crippen molar-refractivity contribution in [1.29, 1.82) is 0 Å². The van der Waals surface area contributed by atoms with E-state index in [1.165, 1.54) is 6.33 Å². The van der Waals surface area contributed by atoms with E-state index < -0.39 is 0 Å². The summed E-state index contributed by atoms with van der Waals surface area (Å²) in [5.41, 5.74) is 8.04. The number of H-pyrrole nitrogens is 1. The highest BCUT2D eigenvalue weighted by Gasteiger charge is 1.90. The first-order valence-corrected chi connectivity index (χ1v) is 1.69. The van der Waals surface area contributed by atoms with Crippen LogP contribution >= 0.6 is 0 Å². The molecule has 1 rings (SSSR count). The Morgan fingerprint density at radius 3 is 3.00 bits per heavy atom. The number of nitrogens with one attached hydrogen (secondary N) is 2. The smallest absolute Gasteiger partial charge is 0.398 e. The quantitative estimate of drug-likeness (QED) is 0.420. The lowest BCUT2D eigenvalue weighted by Crippen LogP contribution is -2.55. The van der Waals surface area contributed by atoms with Crippen molar-refractivity contribution >= 4 is 5.95 Å². The van der Waals surface area contributed by atoms with E-state index in [1.54, 1.807) is 5.11 Å². The molecule has 0 saturated heterocycles. The van der Waals surface area contributed by atoms with Gasteiger partial charge in [-0.25, -0.2) is 0 Å². The molecule has 0 amide bonds. The molecule has 36 valence electrons. The highest BCUT2D eigenvalue weighted by molar-refractivity contribution is 4.91. The molecule has 0 aliphatic carbocycles. The lowest BCUT2D eigenvalue weighted by atomic mass is 11.1. The molecular weight excluding hydrogens is 94.1 g/mol. The zero-order chi connectivity index (χ0) is 5.11. The van der Waals surface area contributed by atoms with Gasteiger partial charge in [-0.15, -0.1) is 0 Å². The highest BCUT2D eigenvalue weighted by Crippen LogP contribution is 1.74. The van der Waals surface area contributed by atoms with Crippen molar-refractivity contribution in [2.24, 2.45) is 0 Å². The van der Waals surface area contributed by atoms with Crippen molar-refractivity contribution < 1.29 is 5.11 Å². The fraction of sp³-hybridized carbons (Fsp3) is 0. The summed E-state index contributed by atoms with van der Waals surface area (Å²) in [7, 11) is 0. The number of aromatic nitrogens is 3. The maximum absolute atomic E-state index is 8.04. The second kappa shape index (κ2) is 1.46. The summed E-state index contributed by atoms with van der Waals surface area (Å²) >= 11 is 0. The SMILES string of the molecule is [N-]=[NH+]c1ncn[nH]1. The normalized spacial score (nSPS) is 8.57. The van der Waals surface area contributed by atoms with Crippen molar-refractivity contribution in [3.05, 3.63) is 11.9 Å². The van der Waals surface area contributed by atoms with Crippen molar-refractivity contribution in [3.63, 3.8) is 0 Å². The Morgan fingerprint density at radius 2 is 2.71 bits per heavy atom. The average Bonchev–Trinajstić information content (AvgIpc) is 2.14. The second-order valence-electron chi connectivity index (χ2n) is 0.946. The number of hydrogen-bond donors (Lipinski definition) is 2. The predicted molar refractivity (Wildman–Crippen MR) is 20.4 cm³/mol. The van der Waals surface area contributed by atoms with E-state index in [9.17, 15) is 0 Å². The molecule has 2 N–H and O–H groups in total. The Balaban J connectivity index is 2.96. The summed E-state index contributed by atoms with van der Waals surface area (Å²) in [6.07, 6.45) is 1.29. The Kier molecular flexibility index (Phi) is 0.816. The van der Waals surface area contributed by atoms with Crippen molar-refractivity contribution in [2.75, 3.05) is 0 Å². The minimum Gasteiger partial charge on any atom is -0.650 e. The van der Waals surface area contributed by atoms with Crippen LogP contribution in [0, 0.1) is 0 Å². The van der Waals surface area contributed by atoms with Crippen molar-refractivity contribution in [1.82, 2.24) is 15.2 Å². The molecule has 0 radical (unpaired) electrons. The number of aromatic amines is 1. The van der Waals surface area contributed by atoms with Gasteiger partial charge in [-0.05, 0) is 0 Å². The van der Waals surface area contributed by atoms with Gasteiger partial charge in [-0.2, -0.15) is 5.10 Å². The highest BCUT2D eigenvalue weighted by atomic mass is 15.3. The zero-order valence-electron chi connectivity index (χ0n) is 3.42. The third-order valence-corrected chi connectivity index (χ3v) is 0.521. The summed E-state index contributed by atoms with van der Waals surface area (Å²) in [6, 6.07) is 0. The topological polar surface area (TPSA) is 77.8 Å². The van der Waals surface area contributed by atoms with Crippen LogP contribution in [0.5, 0.6) is 0 Å². The molecule has 5 nitrogen and oxygen atoms in total. The van der Waals surface area contributed by atoms with Crippen LogP contribution in [0.15, 0.2) is 6.33 Å². The summed E-state index contributed by atoms with van der Waals surface area (Å²) in [5, 5.41) is 7.58. The van der Waals surface area contributed by atoms with Gasteiger partial charge in [0.05, 0.1) is 0 Å². The predicted octanol–water partition coefficient (Wildman–Crippen LogP) is -1.46. The standard InChI is InChI=1S/C2H3N5/c3-6-2-4-1-5-7-2/h1,6H,(H,4,5,7). The summed E-state index contributed by atoms with van der Waals surface area (Å²) < 4.78 is 0. The molecule has 0 aliphatic rings. The molecule has 5 heteroatoms. The van der Waals surface area contributed by atoms with Crippen LogP contribution < -0.4 is 5.11 Å². The first kappa shape index (κ1) is 3.91. The van der Waals surface area contributed by atoms with Crippen LogP contribution in [0.4, 0.5) is 5.95 Å². The van der Waals surface area contributed by atoms with Gasteiger partial charge in [0.1, 0.15) is 0 Å². The second-order valence-corrected chi connectivity index (χ2v) is 0.946. The molecule has 0 aromatic carbocycles. The fourth-order valence-corrected chi connectivity index (χ4v) is 0.259. The first-order chi connectivity index (χ1) is 3.43. The minimum absolute atomic E-state index is 0.250. The third-order valence-electron chi connectivity index (χ3n) is 0.521. The maximum atomic E-state index is 8.04. The summed E-state index contributed by atoms with van der Waals surface area (Å²) in [4.78, 5) is 3.51. The maximum Gasteiger partial charge on any atom is 0.398 e. The van der Waals surface area contributed by atoms with Crippen LogP contribution in [-0.4, -0.2) is 15.2 Å². The summed E-state index contributed by atoms with van der Waals surface area (Å²) in [6.45, 7) is 0. The summed E-state index contributed by atoms with van der Waals surface area (Å²) in [5.74, 6) is 0.250. The molecule has 0 fully saturated rings.